The van der Waals surface area contributed by atoms with Gasteiger partial charge >= 0.3 is 0 Å². The van der Waals surface area contributed by atoms with Crippen LogP contribution in [-0.4, -0.2) is 15.9 Å². The van der Waals surface area contributed by atoms with Gasteiger partial charge in [-0.1, -0.05) is 36.4 Å². The van der Waals surface area contributed by atoms with Gasteiger partial charge in [0.05, 0.1) is 23.8 Å². The monoisotopic (exact) mass is 265 g/mol. The van der Waals surface area contributed by atoms with Gasteiger partial charge in [0.25, 0.3) is 0 Å². The minimum atomic E-state index is 0.0286. The van der Waals surface area contributed by atoms with E-state index in [9.17, 15) is 4.79 Å². The molecule has 0 fully saturated rings. The van der Waals surface area contributed by atoms with Crippen LogP contribution in [0.4, 0.5) is 0 Å². The van der Waals surface area contributed by atoms with Crippen molar-refractivity contribution in [1.29, 1.82) is 0 Å². The number of amides is 1. The molecule has 1 heterocycles. The molecule has 100 valence electrons. The lowest BCUT2D eigenvalue weighted by molar-refractivity contribution is -0.120. The molecule has 2 aromatic carbocycles. The molecule has 0 unspecified atom stereocenters. The molecule has 3 aromatic rings. The molecule has 0 radical (unpaired) electrons. The van der Waals surface area contributed by atoms with Crippen LogP contribution in [0.25, 0.3) is 11.0 Å². The van der Waals surface area contributed by atoms with Crippen molar-refractivity contribution in [3.63, 3.8) is 0 Å². The van der Waals surface area contributed by atoms with E-state index >= 15 is 0 Å². The average molecular weight is 265 g/mol. The summed E-state index contributed by atoms with van der Waals surface area (Å²) in [6, 6.07) is 15.7. The van der Waals surface area contributed by atoms with E-state index in [-0.39, 0.29) is 5.91 Å². The number of aromatic amines is 1. The van der Waals surface area contributed by atoms with Crippen LogP contribution in [0.2, 0.25) is 0 Å². The highest BCUT2D eigenvalue weighted by Crippen LogP contribution is 2.11. The van der Waals surface area contributed by atoms with Gasteiger partial charge in [-0.05, 0) is 23.3 Å². The van der Waals surface area contributed by atoms with Gasteiger partial charge in [0.15, 0.2) is 0 Å². The SMILES string of the molecule is O=C(Cc1ccccc1)NCc1ccc2nc[nH]c2c1. The number of hydrogen-bond donors (Lipinski definition) is 2. The summed E-state index contributed by atoms with van der Waals surface area (Å²) < 4.78 is 0. The maximum atomic E-state index is 11.9. The smallest absolute Gasteiger partial charge is 0.224 e. The molecule has 3 rings (SSSR count). The first-order valence-corrected chi connectivity index (χ1v) is 6.54. The molecule has 0 aliphatic rings. The Balaban J connectivity index is 1.59. The number of carbonyl (C=O) groups excluding carboxylic acids is 1. The highest BCUT2D eigenvalue weighted by atomic mass is 16.1. The molecule has 0 saturated heterocycles. The summed E-state index contributed by atoms with van der Waals surface area (Å²) in [6.07, 6.45) is 2.08. The summed E-state index contributed by atoms with van der Waals surface area (Å²) >= 11 is 0. The number of hydrogen-bond acceptors (Lipinski definition) is 2. The van der Waals surface area contributed by atoms with Crippen LogP contribution in [0.15, 0.2) is 54.9 Å². The van der Waals surface area contributed by atoms with Crippen molar-refractivity contribution in [2.75, 3.05) is 0 Å². The van der Waals surface area contributed by atoms with Crippen molar-refractivity contribution in [2.45, 2.75) is 13.0 Å². The van der Waals surface area contributed by atoms with Gasteiger partial charge in [-0.3, -0.25) is 4.79 Å². The number of fused-ring (bicyclic) bond motifs is 1. The molecule has 0 spiro atoms. The van der Waals surface area contributed by atoms with Crippen molar-refractivity contribution in [2.24, 2.45) is 0 Å². The fourth-order valence-electron chi connectivity index (χ4n) is 2.14. The normalized spacial score (nSPS) is 10.6. The molecule has 4 nitrogen and oxygen atoms in total. The Labute approximate surface area is 116 Å². The number of rotatable bonds is 4. The van der Waals surface area contributed by atoms with E-state index in [1.807, 2.05) is 48.5 Å². The van der Waals surface area contributed by atoms with E-state index in [1.54, 1.807) is 6.33 Å². The molecule has 0 bridgehead atoms. The first-order chi connectivity index (χ1) is 9.81. The highest BCUT2D eigenvalue weighted by Gasteiger charge is 2.04. The second kappa shape index (κ2) is 5.57. The third kappa shape index (κ3) is 2.85. The van der Waals surface area contributed by atoms with Gasteiger partial charge in [0, 0.05) is 6.54 Å². The Morgan fingerprint density at radius 3 is 2.80 bits per heavy atom. The van der Waals surface area contributed by atoms with E-state index in [0.29, 0.717) is 13.0 Å². The minimum Gasteiger partial charge on any atom is -0.352 e. The van der Waals surface area contributed by atoms with Gasteiger partial charge in [-0.2, -0.15) is 0 Å². The van der Waals surface area contributed by atoms with Gasteiger partial charge in [-0.15, -0.1) is 0 Å². The number of nitrogens with zero attached hydrogens (tertiary/aromatic N) is 1. The van der Waals surface area contributed by atoms with Gasteiger partial charge in [-0.25, -0.2) is 4.98 Å². The summed E-state index contributed by atoms with van der Waals surface area (Å²) in [6.45, 7) is 0.528. The van der Waals surface area contributed by atoms with Crippen LogP contribution in [0.5, 0.6) is 0 Å². The van der Waals surface area contributed by atoms with Gasteiger partial charge in [0.1, 0.15) is 0 Å². The van der Waals surface area contributed by atoms with Crippen LogP contribution < -0.4 is 5.32 Å². The minimum absolute atomic E-state index is 0.0286. The van der Waals surface area contributed by atoms with Crippen LogP contribution in [0, 0.1) is 0 Å². The molecule has 0 aliphatic carbocycles. The predicted octanol–water partition coefficient (Wildman–Crippen LogP) is 2.42. The average Bonchev–Trinajstić information content (AvgIpc) is 2.93. The fourth-order valence-corrected chi connectivity index (χ4v) is 2.14. The Hall–Kier alpha value is -2.62. The Kier molecular flexibility index (Phi) is 3.46. The number of aromatic nitrogens is 2. The van der Waals surface area contributed by atoms with E-state index in [2.05, 4.69) is 15.3 Å². The zero-order chi connectivity index (χ0) is 13.8. The van der Waals surface area contributed by atoms with Crippen LogP contribution >= 0.6 is 0 Å². The van der Waals surface area contributed by atoms with E-state index in [1.165, 1.54) is 0 Å². The van der Waals surface area contributed by atoms with Gasteiger partial charge < -0.3 is 10.3 Å². The Morgan fingerprint density at radius 2 is 1.95 bits per heavy atom. The second-order valence-corrected chi connectivity index (χ2v) is 4.69. The quantitative estimate of drug-likeness (QED) is 0.761. The summed E-state index contributed by atoms with van der Waals surface area (Å²) in [7, 11) is 0. The third-order valence-electron chi connectivity index (χ3n) is 3.18. The molecular formula is C16H15N3O. The van der Waals surface area contributed by atoms with Crippen molar-refractivity contribution in [1.82, 2.24) is 15.3 Å². The van der Waals surface area contributed by atoms with Crippen molar-refractivity contribution in [3.05, 3.63) is 66.0 Å². The summed E-state index contributed by atoms with van der Waals surface area (Å²) in [4.78, 5) is 19.1. The standard InChI is InChI=1S/C16H15N3O/c20-16(9-12-4-2-1-3-5-12)17-10-13-6-7-14-15(8-13)19-11-18-14/h1-8,11H,9-10H2,(H,17,20)(H,18,19). The first kappa shape index (κ1) is 12.4. The van der Waals surface area contributed by atoms with Crippen LogP contribution in [0.1, 0.15) is 11.1 Å². The zero-order valence-electron chi connectivity index (χ0n) is 11.0. The van der Waals surface area contributed by atoms with Crippen molar-refractivity contribution >= 4 is 16.9 Å². The number of carbonyl (C=O) groups is 1. The first-order valence-electron chi connectivity index (χ1n) is 6.54. The molecule has 0 saturated carbocycles. The summed E-state index contributed by atoms with van der Waals surface area (Å²) in [5, 5.41) is 2.93. The molecular weight excluding hydrogens is 250 g/mol. The van der Waals surface area contributed by atoms with Gasteiger partial charge in [0.2, 0.25) is 5.91 Å². The third-order valence-corrected chi connectivity index (χ3v) is 3.18. The molecule has 1 aromatic heterocycles. The summed E-state index contributed by atoms with van der Waals surface area (Å²) in [5.74, 6) is 0.0286. The molecule has 0 aliphatic heterocycles. The lowest BCUT2D eigenvalue weighted by Crippen LogP contribution is -2.24. The molecule has 20 heavy (non-hydrogen) atoms. The fraction of sp³-hybridized carbons (Fsp3) is 0.125. The van der Waals surface area contributed by atoms with Crippen molar-refractivity contribution in [3.8, 4) is 0 Å². The predicted molar refractivity (Wildman–Crippen MR) is 78.1 cm³/mol. The molecule has 2 N–H and O–H groups in total. The lowest BCUT2D eigenvalue weighted by Gasteiger charge is -2.05. The van der Waals surface area contributed by atoms with Crippen LogP contribution in [0.3, 0.4) is 0 Å². The zero-order valence-corrected chi connectivity index (χ0v) is 11.0. The number of benzene rings is 2. The number of imidazole rings is 1. The Morgan fingerprint density at radius 1 is 1.10 bits per heavy atom. The van der Waals surface area contributed by atoms with E-state index in [0.717, 1.165) is 22.2 Å². The number of H-pyrrole nitrogens is 1. The lowest BCUT2D eigenvalue weighted by atomic mass is 10.1. The van der Waals surface area contributed by atoms with E-state index in [4.69, 9.17) is 0 Å². The topological polar surface area (TPSA) is 57.8 Å². The number of nitrogens with one attached hydrogen (secondary N) is 2. The Bertz CT molecular complexity index is 719. The molecule has 1 amide bonds. The second-order valence-electron chi connectivity index (χ2n) is 4.69. The highest BCUT2D eigenvalue weighted by molar-refractivity contribution is 5.79. The molecule has 0 atom stereocenters. The largest absolute Gasteiger partial charge is 0.352 e. The maximum absolute atomic E-state index is 11.9. The maximum Gasteiger partial charge on any atom is 0.224 e. The van der Waals surface area contributed by atoms with E-state index < -0.39 is 0 Å². The van der Waals surface area contributed by atoms with Crippen molar-refractivity contribution < 1.29 is 4.79 Å². The molecule has 4 heteroatoms. The summed E-state index contributed by atoms with van der Waals surface area (Å²) in [5.41, 5.74) is 4.00. The van der Waals surface area contributed by atoms with Crippen LogP contribution in [-0.2, 0) is 17.8 Å².